The fraction of sp³-hybridized carbons (Fsp3) is 0.500. The minimum Gasteiger partial charge on any atom is -0.383 e. The molecule has 0 aliphatic carbocycles. The molecule has 2 atom stereocenters. The van der Waals surface area contributed by atoms with Crippen molar-refractivity contribution < 1.29 is 14.9 Å². The van der Waals surface area contributed by atoms with Crippen LogP contribution >= 0.6 is 11.8 Å². The highest BCUT2D eigenvalue weighted by Gasteiger charge is 2.28. The van der Waals surface area contributed by atoms with Crippen LogP contribution in [0.4, 0.5) is 5.82 Å². The summed E-state index contributed by atoms with van der Waals surface area (Å²) >= 11 is 1.46. The highest BCUT2D eigenvalue weighted by Crippen LogP contribution is 2.30. The fourth-order valence-electron chi connectivity index (χ4n) is 1.38. The number of ether oxygens (including phenoxy) is 1. The second-order valence-electron chi connectivity index (χ2n) is 3.19. The van der Waals surface area contributed by atoms with Gasteiger partial charge in [0.1, 0.15) is 24.1 Å². The van der Waals surface area contributed by atoms with Crippen LogP contribution in [0.1, 0.15) is 6.23 Å². The number of aromatic nitrogens is 2. The van der Waals surface area contributed by atoms with Crippen LogP contribution in [-0.4, -0.2) is 32.6 Å². The molecule has 0 bridgehead atoms. The van der Waals surface area contributed by atoms with E-state index in [1.54, 1.807) is 0 Å². The smallest absolute Gasteiger partial charge is 0.351 e. The molecule has 2 heterocycles. The molecule has 1 aromatic rings. The van der Waals surface area contributed by atoms with Crippen molar-refractivity contribution in [2.75, 3.05) is 18.1 Å². The quantitative estimate of drug-likeness (QED) is 0.566. The fourth-order valence-corrected chi connectivity index (χ4v) is 2.36. The number of hydrogen-bond acceptors (Lipinski definition) is 7. The van der Waals surface area contributed by atoms with E-state index in [0.29, 0.717) is 5.75 Å². The third-order valence-electron chi connectivity index (χ3n) is 2.11. The zero-order chi connectivity index (χ0) is 11.5. The Morgan fingerprint density at radius 2 is 2.62 bits per heavy atom. The summed E-state index contributed by atoms with van der Waals surface area (Å²) in [5.74, 6) is 0.779. The molecule has 0 amide bonds. The van der Waals surface area contributed by atoms with Gasteiger partial charge in [-0.2, -0.15) is 4.98 Å². The van der Waals surface area contributed by atoms with Crippen molar-refractivity contribution >= 4 is 17.6 Å². The summed E-state index contributed by atoms with van der Waals surface area (Å²) in [6, 6.07) is 1.53. The van der Waals surface area contributed by atoms with Gasteiger partial charge in [-0.25, -0.2) is 9.68 Å². The highest BCUT2D eigenvalue weighted by atomic mass is 32.2. The average molecular weight is 245 g/mol. The Hall–Kier alpha value is -1.09. The second-order valence-corrected chi connectivity index (χ2v) is 4.38. The topological polar surface area (TPSA) is 99.6 Å². The molecule has 0 unspecified atom stereocenters. The standard InChI is InChI=1S/C8H11N3O4S/c9-5-1-2-11(8(12)10-5)6-4-16-7(15-6)3-14-13/h1-2,6-7,13H,3-4H2,(H2,9,10,12)/t6-,7+/m0/s1. The number of nitrogens with zero attached hydrogens (tertiary/aromatic N) is 2. The van der Waals surface area contributed by atoms with E-state index in [-0.39, 0.29) is 17.9 Å². The lowest BCUT2D eigenvalue weighted by atomic mass is 10.5. The Labute approximate surface area is 95.1 Å². The molecule has 1 fully saturated rings. The van der Waals surface area contributed by atoms with Crippen molar-refractivity contribution in [1.29, 1.82) is 0 Å². The lowest BCUT2D eigenvalue weighted by Gasteiger charge is -2.13. The number of thioether (sulfide) groups is 1. The molecule has 7 nitrogen and oxygen atoms in total. The monoisotopic (exact) mass is 245 g/mol. The first-order valence-corrected chi connectivity index (χ1v) is 5.63. The first kappa shape index (κ1) is 11.4. The van der Waals surface area contributed by atoms with E-state index in [1.165, 1.54) is 28.6 Å². The van der Waals surface area contributed by atoms with Gasteiger partial charge >= 0.3 is 5.69 Å². The zero-order valence-corrected chi connectivity index (χ0v) is 9.09. The molecule has 3 N–H and O–H groups in total. The summed E-state index contributed by atoms with van der Waals surface area (Å²) < 4.78 is 6.83. The van der Waals surface area contributed by atoms with Gasteiger partial charge < -0.3 is 10.5 Å². The molecule has 1 aromatic heterocycles. The minimum absolute atomic E-state index is 0.0678. The van der Waals surface area contributed by atoms with E-state index in [9.17, 15) is 4.79 Å². The summed E-state index contributed by atoms with van der Waals surface area (Å²) in [5.41, 5.74) is 4.65. The van der Waals surface area contributed by atoms with E-state index < -0.39 is 11.9 Å². The molecule has 0 saturated carbocycles. The number of hydrogen-bond donors (Lipinski definition) is 2. The number of rotatable bonds is 3. The number of nitrogen functional groups attached to an aromatic ring is 1. The zero-order valence-electron chi connectivity index (χ0n) is 8.28. The van der Waals surface area contributed by atoms with Gasteiger partial charge in [0, 0.05) is 11.9 Å². The Bertz CT molecular complexity index is 424. The van der Waals surface area contributed by atoms with Crippen molar-refractivity contribution in [3.63, 3.8) is 0 Å². The molecule has 2 rings (SSSR count). The van der Waals surface area contributed by atoms with Gasteiger partial charge in [0.15, 0.2) is 0 Å². The van der Waals surface area contributed by atoms with Crippen molar-refractivity contribution in [3.05, 3.63) is 22.7 Å². The summed E-state index contributed by atoms with van der Waals surface area (Å²) in [4.78, 5) is 19.1. The number of anilines is 1. The van der Waals surface area contributed by atoms with E-state index in [0.717, 1.165) is 0 Å². The predicted octanol–water partition coefficient (Wildman–Crippen LogP) is -0.0968. The third-order valence-corrected chi connectivity index (χ3v) is 3.20. The van der Waals surface area contributed by atoms with Crippen molar-refractivity contribution in [2.45, 2.75) is 11.7 Å². The largest absolute Gasteiger partial charge is 0.383 e. The van der Waals surface area contributed by atoms with Gasteiger partial charge in [0.25, 0.3) is 0 Å². The maximum absolute atomic E-state index is 11.5. The molecule has 88 valence electrons. The minimum atomic E-state index is -0.448. The van der Waals surface area contributed by atoms with Crippen molar-refractivity contribution in [1.82, 2.24) is 9.55 Å². The van der Waals surface area contributed by atoms with Crippen LogP contribution in [0.25, 0.3) is 0 Å². The van der Waals surface area contributed by atoms with Crippen molar-refractivity contribution in [2.24, 2.45) is 0 Å². The molecule has 1 aliphatic heterocycles. The van der Waals surface area contributed by atoms with Crippen LogP contribution in [0.5, 0.6) is 0 Å². The molecule has 0 radical (unpaired) electrons. The normalized spacial score (nSPS) is 24.8. The number of nitrogens with two attached hydrogens (primary N) is 1. The molecule has 0 spiro atoms. The molecule has 8 heteroatoms. The second kappa shape index (κ2) is 4.83. The summed E-state index contributed by atoms with van der Waals surface area (Å²) in [5, 5.41) is 8.28. The Morgan fingerprint density at radius 3 is 3.31 bits per heavy atom. The van der Waals surface area contributed by atoms with Crippen LogP contribution < -0.4 is 11.4 Å². The molecule has 1 saturated heterocycles. The van der Waals surface area contributed by atoms with Gasteiger partial charge in [-0.05, 0) is 6.07 Å². The van der Waals surface area contributed by atoms with Gasteiger partial charge in [-0.3, -0.25) is 9.82 Å². The maximum Gasteiger partial charge on any atom is 0.351 e. The van der Waals surface area contributed by atoms with E-state index in [1.807, 2.05) is 0 Å². The van der Waals surface area contributed by atoms with Gasteiger partial charge in [0.2, 0.25) is 0 Å². The average Bonchev–Trinajstić information content (AvgIpc) is 2.67. The van der Waals surface area contributed by atoms with Gasteiger partial charge in [-0.1, -0.05) is 0 Å². The maximum atomic E-state index is 11.5. The highest BCUT2D eigenvalue weighted by molar-refractivity contribution is 8.00. The van der Waals surface area contributed by atoms with E-state index in [2.05, 4.69) is 9.87 Å². The van der Waals surface area contributed by atoms with Crippen LogP contribution in [0.15, 0.2) is 17.1 Å². The Morgan fingerprint density at radius 1 is 1.81 bits per heavy atom. The van der Waals surface area contributed by atoms with Gasteiger partial charge in [0.05, 0.1) is 0 Å². The summed E-state index contributed by atoms with van der Waals surface area (Å²) in [6.45, 7) is 0.0678. The van der Waals surface area contributed by atoms with Crippen LogP contribution in [0.3, 0.4) is 0 Å². The van der Waals surface area contributed by atoms with Crippen LogP contribution in [-0.2, 0) is 9.62 Å². The first-order valence-electron chi connectivity index (χ1n) is 4.59. The van der Waals surface area contributed by atoms with Crippen molar-refractivity contribution in [3.8, 4) is 0 Å². The molecule has 16 heavy (non-hydrogen) atoms. The first-order chi connectivity index (χ1) is 7.70. The lowest BCUT2D eigenvalue weighted by molar-refractivity contribution is -0.254. The van der Waals surface area contributed by atoms with E-state index >= 15 is 0 Å². The SMILES string of the molecule is Nc1ccn([C@@H]2CS[C@H](COO)O2)c(=O)n1. The third kappa shape index (κ3) is 2.35. The lowest BCUT2D eigenvalue weighted by Crippen LogP contribution is -2.28. The van der Waals surface area contributed by atoms with Gasteiger partial charge in [-0.15, -0.1) is 11.8 Å². The van der Waals surface area contributed by atoms with Crippen LogP contribution in [0, 0.1) is 0 Å². The molecular formula is C8H11N3O4S. The van der Waals surface area contributed by atoms with Crippen LogP contribution in [0.2, 0.25) is 0 Å². The summed E-state index contributed by atoms with van der Waals surface area (Å²) in [6.07, 6.45) is 1.14. The molecular weight excluding hydrogens is 234 g/mol. The molecule has 1 aliphatic rings. The van der Waals surface area contributed by atoms with E-state index in [4.69, 9.17) is 15.7 Å². The predicted molar refractivity (Wildman–Crippen MR) is 57.9 cm³/mol. The Balaban J connectivity index is 2.11. The summed E-state index contributed by atoms with van der Waals surface area (Å²) in [7, 11) is 0. The molecule has 0 aromatic carbocycles. The Kier molecular flexibility index (Phi) is 3.44.